The molecule has 7 heteroatoms. The number of carbonyl (C=O) groups excluding carboxylic acids is 2. The topological polar surface area (TPSA) is 109 Å². The maximum atomic E-state index is 12.6. The molecule has 0 saturated carbocycles. The van der Waals surface area contributed by atoms with Gasteiger partial charge in [0.05, 0.1) is 11.8 Å². The molecule has 3 aromatic rings. The van der Waals surface area contributed by atoms with Gasteiger partial charge in [0.2, 0.25) is 11.7 Å². The molecule has 0 saturated heterocycles. The van der Waals surface area contributed by atoms with E-state index < -0.39 is 17.6 Å². The number of oxazole rings is 1. The van der Waals surface area contributed by atoms with Crippen LogP contribution in [0.5, 0.6) is 0 Å². The lowest BCUT2D eigenvalue weighted by Gasteiger charge is -2.07. The zero-order valence-electron chi connectivity index (χ0n) is 13.8. The molecule has 0 unspecified atom stereocenters. The highest BCUT2D eigenvalue weighted by Gasteiger charge is 2.32. The lowest BCUT2D eigenvalue weighted by molar-refractivity contribution is -0.117. The number of nitriles is 1. The van der Waals surface area contributed by atoms with Gasteiger partial charge in [0.1, 0.15) is 5.82 Å². The molecule has 26 heavy (non-hydrogen) atoms. The normalized spacial score (nSPS) is 11.4. The molecule has 0 aliphatic rings. The molecule has 1 atom stereocenters. The number of hydrogen-bond donors (Lipinski definition) is 1. The van der Waals surface area contributed by atoms with Gasteiger partial charge in [-0.3, -0.25) is 9.59 Å². The highest BCUT2D eigenvalue weighted by molar-refractivity contribution is 6.14. The average Bonchev–Trinajstić information content (AvgIpc) is 3.05. The van der Waals surface area contributed by atoms with Crippen molar-refractivity contribution in [2.45, 2.75) is 6.92 Å². The number of amides is 1. The highest BCUT2D eigenvalue weighted by Crippen LogP contribution is 2.23. The number of nitrogens with zero attached hydrogens (tertiary/aromatic N) is 3. The standard InChI is InChI=1S/C19H14N4O3/c1-12-17(26-19(22-12)13-7-3-2-4-8-13)16(24)14(11-20)18(25)23-15-9-5-6-10-21-15/h2-10,14H,1H3,(H,21,23,25)/t14-/m1/s1. The van der Waals surface area contributed by atoms with Crippen molar-refractivity contribution in [2.75, 3.05) is 5.32 Å². The minimum Gasteiger partial charge on any atom is -0.433 e. The van der Waals surface area contributed by atoms with Gasteiger partial charge >= 0.3 is 0 Å². The lowest BCUT2D eigenvalue weighted by atomic mass is 10.0. The molecule has 2 heterocycles. The Balaban J connectivity index is 1.84. The van der Waals surface area contributed by atoms with E-state index in [0.717, 1.165) is 0 Å². The number of ketones is 1. The third-order valence-corrected chi connectivity index (χ3v) is 3.61. The first-order chi connectivity index (χ1) is 12.6. The fourth-order valence-corrected chi connectivity index (χ4v) is 2.33. The second kappa shape index (κ2) is 7.40. The Kier molecular flexibility index (Phi) is 4.85. The molecule has 0 spiro atoms. The van der Waals surface area contributed by atoms with Crippen molar-refractivity contribution in [1.29, 1.82) is 5.26 Å². The van der Waals surface area contributed by atoms with E-state index in [9.17, 15) is 14.9 Å². The number of hydrogen-bond acceptors (Lipinski definition) is 6. The minimum absolute atomic E-state index is 0.105. The van der Waals surface area contributed by atoms with E-state index >= 15 is 0 Å². The zero-order chi connectivity index (χ0) is 18.5. The van der Waals surface area contributed by atoms with Gasteiger partial charge in [-0.1, -0.05) is 24.3 Å². The smallest absolute Gasteiger partial charge is 0.251 e. The van der Waals surface area contributed by atoms with Gasteiger partial charge in [0.15, 0.2) is 11.7 Å². The molecule has 0 radical (unpaired) electrons. The van der Waals surface area contributed by atoms with Gasteiger partial charge in [-0.05, 0) is 31.2 Å². The van der Waals surface area contributed by atoms with Crippen LogP contribution < -0.4 is 5.32 Å². The van der Waals surface area contributed by atoms with Crippen molar-refractivity contribution >= 4 is 17.5 Å². The Morgan fingerprint density at radius 3 is 2.54 bits per heavy atom. The number of aromatic nitrogens is 2. The number of pyridine rings is 1. The second-order valence-corrected chi connectivity index (χ2v) is 5.43. The molecular formula is C19H14N4O3. The van der Waals surface area contributed by atoms with Crippen LogP contribution in [-0.4, -0.2) is 21.7 Å². The van der Waals surface area contributed by atoms with E-state index in [1.165, 1.54) is 6.20 Å². The molecule has 0 aliphatic heterocycles. The maximum absolute atomic E-state index is 12.6. The summed E-state index contributed by atoms with van der Waals surface area (Å²) in [5, 5.41) is 11.8. The van der Waals surface area contributed by atoms with Crippen molar-refractivity contribution in [3.8, 4) is 17.5 Å². The highest BCUT2D eigenvalue weighted by atomic mass is 16.4. The number of aryl methyl sites for hydroxylation is 1. The molecule has 0 bridgehead atoms. The van der Waals surface area contributed by atoms with Crippen LogP contribution in [0, 0.1) is 24.2 Å². The van der Waals surface area contributed by atoms with Crippen LogP contribution in [0.25, 0.3) is 11.5 Å². The Morgan fingerprint density at radius 2 is 1.88 bits per heavy atom. The van der Waals surface area contributed by atoms with Gasteiger partial charge in [-0.25, -0.2) is 9.97 Å². The lowest BCUT2D eigenvalue weighted by Crippen LogP contribution is -2.29. The summed E-state index contributed by atoms with van der Waals surface area (Å²) >= 11 is 0. The molecule has 128 valence electrons. The number of nitrogens with one attached hydrogen (secondary N) is 1. The van der Waals surface area contributed by atoms with E-state index in [1.807, 2.05) is 18.2 Å². The fraction of sp³-hybridized carbons (Fsp3) is 0.105. The van der Waals surface area contributed by atoms with E-state index in [2.05, 4.69) is 15.3 Å². The van der Waals surface area contributed by atoms with Crippen molar-refractivity contribution in [3.05, 3.63) is 66.2 Å². The van der Waals surface area contributed by atoms with E-state index in [1.54, 1.807) is 43.3 Å². The largest absolute Gasteiger partial charge is 0.433 e. The summed E-state index contributed by atoms with van der Waals surface area (Å²) in [4.78, 5) is 33.1. The van der Waals surface area contributed by atoms with Crippen LogP contribution >= 0.6 is 0 Å². The Bertz CT molecular complexity index is 975. The first kappa shape index (κ1) is 17.0. The molecule has 0 fully saturated rings. The van der Waals surface area contributed by atoms with Gasteiger partial charge in [0, 0.05) is 11.8 Å². The minimum atomic E-state index is -1.56. The number of anilines is 1. The van der Waals surface area contributed by atoms with Crippen LogP contribution in [0.3, 0.4) is 0 Å². The number of Topliss-reactive ketones (excluding diaryl/α,β-unsaturated/α-hetero) is 1. The molecule has 7 nitrogen and oxygen atoms in total. The van der Waals surface area contributed by atoms with Gasteiger partial charge in [0.25, 0.3) is 5.91 Å². The van der Waals surface area contributed by atoms with E-state index in [4.69, 9.17) is 4.42 Å². The number of rotatable bonds is 5. The Labute approximate surface area is 149 Å². The predicted molar refractivity (Wildman–Crippen MR) is 93.0 cm³/mol. The Morgan fingerprint density at radius 1 is 1.15 bits per heavy atom. The summed E-state index contributed by atoms with van der Waals surface area (Å²) in [6.45, 7) is 1.59. The molecule has 3 rings (SSSR count). The molecule has 1 amide bonds. The van der Waals surface area contributed by atoms with Crippen LogP contribution in [-0.2, 0) is 4.79 Å². The number of carbonyl (C=O) groups is 2. The molecule has 1 N–H and O–H groups in total. The molecule has 1 aromatic carbocycles. The zero-order valence-corrected chi connectivity index (χ0v) is 13.8. The fourth-order valence-electron chi connectivity index (χ4n) is 2.33. The summed E-state index contributed by atoms with van der Waals surface area (Å²) in [5.74, 6) is -2.67. The molecule has 2 aromatic heterocycles. The maximum Gasteiger partial charge on any atom is 0.251 e. The van der Waals surface area contributed by atoms with Gasteiger partial charge < -0.3 is 9.73 Å². The first-order valence-corrected chi connectivity index (χ1v) is 7.78. The van der Waals surface area contributed by atoms with Crippen LogP contribution in [0.4, 0.5) is 5.82 Å². The third-order valence-electron chi connectivity index (χ3n) is 3.61. The second-order valence-electron chi connectivity index (χ2n) is 5.43. The average molecular weight is 346 g/mol. The summed E-state index contributed by atoms with van der Waals surface area (Å²) < 4.78 is 5.54. The predicted octanol–water partition coefficient (Wildman–Crippen LogP) is 3.01. The van der Waals surface area contributed by atoms with E-state index in [0.29, 0.717) is 11.3 Å². The monoisotopic (exact) mass is 346 g/mol. The summed E-state index contributed by atoms with van der Waals surface area (Å²) in [6.07, 6.45) is 1.49. The molecule has 0 aliphatic carbocycles. The van der Waals surface area contributed by atoms with Crippen molar-refractivity contribution in [3.63, 3.8) is 0 Å². The first-order valence-electron chi connectivity index (χ1n) is 7.78. The summed E-state index contributed by atoms with van der Waals surface area (Å²) in [6, 6.07) is 15.7. The van der Waals surface area contributed by atoms with Crippen LogP contribution in [0.1, 0.15) is 16.2 Å². The quantitative estimate of drug-likeness (QED) is 0.562. The van der Waals surface area contributed by atoms with Crippen molar-refractivity contribution < 1.29 is 14.0 Å². The number of benzene rings is 1. The molecular weight excluding hydrogens is 332 g/mol. The third kappa shape index (κ3) is 3.49. The van der Waals surface area contributed by atoms with Gasteiger partial charge in [-0.15, -0.1) is 0 Å². The van der Waals surface area contributed by atoms with Crippen LogP contribution in [0.15, 0.2) is 59.1 Å². The SMILES string of the molecule is Cc1nc(-c2ccccc2)oc1C(=O)[C@@H](C#N)C(=O)Nc1ccccn1. The van der Waals surface area contributed by atoms with Crippen molar-refractivity contribution in [1.82, 2.24) is 9.97 Å². The Hall–Kier alpha value is -3.79. The van der Waals surface area contributed by atoms with Crippen molar-refractivity contribution in [2.24, 2.45) is 5.92 Å². The summed E-state index contributed by atoms with van der Waals surface area (Å²) in [7, 11) is 0. The summed E-state index contributed by atoms with van der Waals surface area (Å²) in [5.41, 5.74) is 1.01. The van der Waals surface area contributed by atoms with Gasteiger partial charge in [-0.2, -0.15) is 5.26 Å². The van der Waals surface area contributed by atoms with Crippen LogP contribution in [0.2, 0.25) is 0 Å². The van der Waals surface area contributed by atoms with E-state index in [-0.39, 0.29) is 17.5 Å².